The van der Waals surface area contributed by atoms with E-state index in [0.717, 1.165) is 23.7 Å². The fraction of sp³-hybridized carbons (Fsp3) is 0.571. The van der Waals surface area contributed by atoms with E-state index in [1.807, 2.05) is 6.07 Å². The zero-order chi connectivity index (χ0) is 13.7. The Labute approximate surface area is 120 Å². The van der Waals surface area contributed by atoms with Gasteiger partial charge in [-0.1, -0.05) is 12.2 Å². The lowest BCUT2D eigenvalue weighted by Gasteiger charge is -2.29. The summed E-state index contributed by atoms with van der Waals surface area (Å²) in [5.74, 6) is 0.827. The molecule has 0 radical (unpaired) electrons. The zero-order valence-electron chi connectivity index (χ0n) is 11.4. The van der Waals surface area contributed by atoms with Gasteiger partial charge in [-0.25, -0.2) is 0 Å². The second kappa shape index (κ2) is 6.82. The highest BCUT2D eigenvalue weighted by Crippen LogP contribution is 2.20. The van der Waals surface area contributed by atoms with Crippen molar-refractivity contribution in [2.45, 2.75) is 19.3 Å². The number of nitrogens with two attached hydrogens (primary N) is 1. The predicted molar refractivity (Wildman–Crippen MR) is 83.5 cm³/mol. The molecule has 4 nitrogen and oxygen atoms in total. The number of hydrogen-bond donors (Lipinski definition) is 2. The summed E-state index contributed by atoms with van der Waals surface area (Å²) in [7, 11) is 2.19. The molecule has 1 saturated heterocycles. The molecule has 104 valence electrons. The molecule has 0 aliphatic carbocycles. The summed E-state index contributed by atoms with van der Waals surface area (Å²) < 4.78 is 0. The Kier molecular flexibility index (Phi) is 5.10. The molecule has 0 saturated carbocycles. The van der Waals surface area contributed by atoms with Crippen molar-refractivity contribution in [3.8, 4) is 0 Å². The number of pyridine rings is 1. The highest BCUT2D eigenvalue weighted by Gasteiger charge is 2.16. The van der Waals surface area contributed by atoms with Gasteiger partial charge in [0.1, 0.15) is 4.99 Å². The molecule has 3 N–H and O–H groups in total. The number of nitrogens with zero attached hydrogens (tertiary/aromatic N) is 2. The topological polar surface area (TPSA) is 54.2 Å². The van der Waals surface area contributed by atoms with Crippen molar-refractivity contribution in [2.24, 2.45) is 11.7 Å². The van der Waals surface area contributed by atoms with Crippen LogP contribution in [0.15, 0.2) is 18.5 Å². The SMILES string of the molecule is CN1CCC(CCNc2cnccc2C(N)=S)CC1. The molecule has 0 amide bonds. The lowest BCUT2D eigenvalue weighted by molar-refractivity contribution is 0.215. The summed E-state index contributed by atoms with van der Waals surface area (Å²) in [5, 5.41) is 3.41. The van der Waals surface area contributed by atoms with Crippen molar-refractivity contribution in [3.05, 3.63) is 24.0 Å². The zero-order valence-corrected chi connectivity index (χ0v) is 12.2. The molecular weight excluding hydrogens is 256 g/mol. The molecule has 0 aromatic carbocycles. The molecule has 2 heterocycles. The van der Waals surface area contributed by atoms with Crippen molar-refractivity contribution in [2.75, 3.05) is 32.0 Å². The molecule has 1 aromatic rings. The quantitative estimate of drug-likeness (QED) is 0.805. The van der Waals surface area contributed by atoms with Crippen LogP contribution in [-0.4, -0.2) is 41.6 Å². The highest BCUT2D eigenvalue weighted by atomic mass is 32.1. The van der Waals surface area contributed by atoms with Gasteiger partial charge in [0.2, 0.25) is 0 Å². The molecule has 1 aliphatic heterocycles. The van der Waals surface area contributed by atoms with Gasteiger partial charge in [0.05, 0.1) is 11.9 Å². The van der Waals surface area contributed by atoms with Crippen LogP contribution in [0.3, 0.4) is 0 Å². The molecule has 0 bridgehead atoms. The molecule has 1 fully saturated rings. The van der Waals surface area contributed by atoms with Crippen LogP contribution < -0.4 is 11.1 Å². The fourth-order valence-electron chi connectivity index (χ4n) is 2.51. The van der Waals surface area contributed by atoms with Gasteiger partial charge in [-0.2, -0.15) is 0 Å². The smallest absolute Gasteiger partial charge is 0.106 e. The maximum Gasteiger partial charge on any atom is 0.106 e. The van der Waals surface area contributed by atoms with Crippen molar-refractivity contribution in [1.82, 2.24) is 9.88 Å². The van der Waals surface area contributed by atoms with Gasteiger partial charge in [0.25, 0.3) is 0 Å². The average Bonchev–Trinajstić information content (AvgIpc) is 2.41. The van der Waals surface area contributed by atoms with Gasteiger partial charge < -0.3 is 16.0 Å². The molecule has 1 aliphatic rings. The molecular formula is C14H22N4S. The molecule has 2 rings (SSSR count). The Hall–Kier alpha value is -1.20. The monoisotopic (exact) mass is 278 g/mol. The number of likely N-dealkylation sites (tertiary alicyclic amines) is 1. The van der Waals surface area contributed by atoms with Gasteiger partial charge in [-0.3, -0.25) is 4.98 Å². The molecule has 5 heteroatoms. The first-order valence-corrected chi connectivity index (χ1v) is 7.24. The van der Waals surface area contributed by atoms with Crippen LogP contribution in [0.1, 0.15) is 24.8 Å². The Morgan fingerprint density at radius 1 is 1.53 bits per heavy atom. The number of hydrogen-bond acceptors (Lipinski definition) is 4. The van der Waals surface area contributed by atoms with Crippen LogP contribution in [0.2, 0.25) is 0 Å². The van der Waals surface area contributed by atoms with Crippen molar-refractivity contribution >= 4 is 22.9 Å². The van der Waals surface area contributed by atoms with E-state index in [-0.39, 0.29) is 0 Å². The maximum atomic E-state index is 5.70. The van der Waals surface area contributed by atoms with E-state index in [4.69, 9.17) is 18.0 Å². The van der Waals surface area contributed by atoms with Gasteiger partial charge in [-0.05, 0) is 51.4 Å². The second-order valence-corrected chi connectivity index (χ2v) is 5.69. The third kappa shape index (κ3) is 4.14. The van der Waals surface area contributed by atoms with E-state index in [1.165, 1.54) is 32.4 Å². The van der Waals surface area contributed by atoms with Crippen molar-refractivity contribution < 1.29 is 0 Å². The number of rotatable bonds is 5. The number of aromatic nitrogens is 1. The van der Waals surface area contributed by atoms with E-state index in [2.05, 4.69) is 22.2 Å². The number of thiocarbonyl (C=S) groups is 1. The average molecular weight is 278 g/mol. The van der Waals surface area contributed by atoms with Crippen molar-refractivity contribution in [3.63, 3.8) is 0 Å². The first-order valence-electron chi connectivity index (χ1n) is 6.83. The molecule has 0 spiro atoms. The normalized spacial score (nSPS) is 17.3. The van der Waals surface area contributed by atoms with Crippen LogP contribution in [0, 0.1) is 5.92 Å². The number of nitrogens with one attached hydrogen (secondary N) is 1. The van der Waals surface area contributed by atoms with Crippen LogP contribution in [-0.2, 0) is 0 Å². The minimum absolute atomic E-state index is 0.421. The van der Waals surface area contributed by atoms with Gasteiger partial charge in [0, 0.05) is 18.3 Å². The molecule has 0 atom stereocenters. The largest absolute Gasteiger partial charge is 0.389 e. The number of anilines is 1. The molecule has 19 heavy (non-hydrogen) atoms. The minimum Gasteiger partial charge on any atom is -0.389 e. The highest BCUT2D eigenvalue weighted by molar-refractivity contribution is 7.80. The Morgan fingerprint density at radius 2 is 2.26 bits per heavy atom. The summed E-state index contributed by atoms with van der Waals surface area (Å²) in [6.07, 6.45) is 7.31. The third-order valence-corrected chi connectivity index (χ3v) is 4.01. The van der Waals surface area contributed by atoms with E-state index in [9.17, 15) is 0 Å². The Morgan fingerprint density at radius 3 is 2.95 bits per heavy atom. The van der Waals surface area contributed by atoms with Crippen LogP contribution in [0.4, 0.5) is 5.69 Å². The van der Waals surface area contributed by atoms with E-state index in [1.54, 1.807) is 12.4 Å². The number of piperidine rings is 1. The van der Waals surface area contributed by atoms with Gasteiger partial charge in [-0.15, -0.1) is 0 Å². The van der Waals surface area contributed by atoms with Gasteiger partial charge in [0.15, 0.2) is 0 Å². The maximum absolute atomic E-state index is 5.70. The summed E-state index contributed by atoms with van der Waals surface area (Å²) >= 11 is 5.04. The van der Waals surface area contributed by atoms with Gasteiger partial charge >= 0.3 is 0 Å². The Bertz CT molecular complexity index is 427. The summed E-state index contributed by atoms with van der Waals surface area (Å²) in [4.78, 5) is 6.94. The first kappa shape index (κ1) is 14.2. The lowest BCUT2D eigenvalue weighted by Crippen LogP contribution is -2.31. The summed E-state index contributed by atoms with van der Waals surface area (Å²) in [5.41, 5.74) is 7.53. The Balaban J connectivity index is 1.81. The predicted octanol–water partition coefficient (Wildman–Crippen LogP) is 1.86. The molecule has 1 aromatic heterocycles. The van der Waals surface area contributed by atoms with E-state index >= 15 is 0 Å². The lowest BCUT2D eigenvalue weighted by atomic mass is 9.94. The van der Waals surface area contributed by atoms with E-state index < -0.39 is 0 Å². The molecule has 0 unspecified atom stereocenters. The van der Waals surface area contributed by atoms with Crippen LogP contribution >= 0.6 is 12.2 Å². The first-order chi connectivity index (χ1) is 9.16. The van der Waals surface area contributed by atoms with Crippen LogP contribution in [0.5, 0.6) is 0 Å². The van der Waals surface area contributed by atoms with Crippen LogP contribution in [0.25, 0.3) is 0 Å². The standard InChI is InChI=1S/C14H22N4S/c1-18-8-4-11(5-9-18)2-7-17-13-10-16-6-3-12(13)14(15)19/h3,6,10-11,17H,2,4-5,7-9H2,1H3,(H2,15,19). The minimum atomic E-state index is 0.421. The van der Waals surface area contributed by atoms with Crippen molar-refractivity contribution in [1.29, 1.82) is 0 Å². The second-order valence-electron chi connectivity index (χ2n) is 5.25. The third-order valence-electron chi connectivity index (χ3n) is 3.79. The fourth-order valence-corrected chi connectivity index (χ4v) is 2.69. The summed E-state index contributed by atoms with van der Waals surface area (Å²) in [6, 6.07) is 1.86. The summed E-state index contributed by atoms with van der Waals surface area (Å²) in [6.45, 7) is 3.39. The van der Waals surface area contributed by atoms with E-state index in [0.29, 0.717) is 4.99 Å².